The van der Waals surface area contributed by atoms with Gasteiger partial charge in [0.1, 0.15) is 30.4 Å². The van der Waals surface area contributed by atoms with Gasteiger partial charge in [-0.2, -0.15) is 14.6 Å². The van der Waals surface area contributed by atoms with E-state index in [1.807, 2.05) is 5.32 Å². The molecule has 19 heteroatoms. The first kappa shape index (κ1) is 30.1. The SMILES string of the molecule is N#CNC(=O)c1cc(-c2cc[n+](CC3=C(C(=O)[O-])N4C(=O)C(NC(=O)/C(=N/OCCF)c5nsc(N)n5)C4SC3)cc2)c[nH]1. The second kappa shape index (κ2) is 12.9. The Hall–Kier alpha value is -5.35. The summed E-state index contributed by atoms with van der Waals surface area (Å²) in [6.07, 6.45) is 6.60. The second-order valence-electron chi connectivity index (χ2n) is 9.15. The Balaban J connectivity index is 1.29. The molecule has 44 heavy (non-hydrogen) atoms. The molecule has 1 saturated heterocycles. The number of carboxylic acids is 1. The average molecular weight is 641 g/mol. The number of nitrogens with two attached hydrogens (primary N) is 1. The molecule has 3 amide bonds. The molecule has 2 atom stereocenters. The summed E-state index contributed by atoms with van der Waals surface area (Å²) in [5, 5.41) is 28.2. The normalized spacial score (nSPS) is 17.8. The van der Waals surface area contributed by atoms with Crippen LogP contribution in [0.4, 0.5) is 9.52 Å². The van der Waals surface area contributed by atoms with E-state index >= 15 is 0 Å². The lowest BCUT2D eigenvalue weighted by Gasteiger charge is -2.50. The van der Waals surface area contributed by atoms with Crippen molar-refractivity contribution in [3.8, 4) is 17.3 Å². The fraction of sp³-hybridized carbons (Fsp3) is 0.240. The number of carboxylic acid groups (broad SMARTS) is 1. The molecule has 5 N–H and O–H groups in total. The number of carbonyl (C=O) groups is 4. The van der Waals surface area contributed by atoms with Crippen molar-refractivity contribution in [2.75, 3.05) is 24.8 Å². The van der Waals surface area contributed by atoms with E-state index < -0.39 is 54.1 Å². The molecule has 5 rings (SSSR count). The predicted molar refractivity (Wildman–Crippen MR) is 149 cm³/mol. The maximum Gasteiger partial charge on any atom is 0.280 e. The van der Waals surface area contributed by atoms with Gasteiger partial charge in [0, 0.05) is 46.8 Å². The number of nitriles is 1. The van der Waals surface area contributed by atoms with Crippen LogP contribution in [0.5, 0.6) is 0 Å². The van der Waals surface area contributed by atoms with Gasteiger partial charge < -0.3 is 30.8 Å². The third kappa shape index (κ3) is 6.06. The highest BCUT2D eigenvalue weighted by atomic mass is 32.2. The van der Waals surface area contributed by atoms with Crippen molar-refractivity contribution < 1.29 is 38.1 Å². The van der Waals surface area contributed by atoms with E-state index in [4.69, 9.17) is 15.8 Å². The Morgan fingerprint density at radius 3 is 2.77 bits per heavy atom. The van der Waals surface area contributed by atoms with E-state index in [0.717, 1.165) is 22.0 Å². The van der Waals surface area contributed by atoms with Crippen molar-refractivity contribution in [1.82, 2.24) is 29.9 Å². The molecule has 5 heterocycles. The van der Waals surface area contributed by atoms with E-state index in [0.29, 0.717) is 11.1 Å². The monoisotopic (exact) mass is 640 g/mol. The summed E-state index contributed by atoms with van der Waals surface area (Å²) >= 11 is 2.05. The van der Waals surface area contributed by atoms with Crippen molar-refractivity contribution in [3.63, 3.8) is 0 Å². The van der Waals surface area contributed by atoms with Crippen LogP contribution >= 0.6 is 23.3 Å². The smallest absolute Gasteiger partial charge is 0.280 e. The number of fused-ring (bicyclic) bond motifs is 1. The molecule has 0 bridgehead atoms. The van der Waals surface area contributed by atoms with Gasteiger partial charge in [0.15, 0.2) is 30.3 Å². The Kier molecular flexibility index (Phi) is 8.82. The van der Waals surface area contributed by atoms with Gasteiger partial charge in [-0.25, -0.2) is 8.96 Å². The third-order valence-electron chi connectivity index (χ3n) is 6.42. The van der Waals surface area contributed by atoms with E-state index in [1.165, 1.54) is 11.8 Å². The number of aromatic amines is 1. The Labute approximate surface area is 255 Å². The maximum atomic E-state index is 13.1. The third-order valence-corrected chi connectivity index (χ3v) is 8.30. The van der Waals surface area contributed by atoms with Crippen molar-refractivity contribution in [3.05, 3.63) is 59.6 Å². The number of hydrogen-bond donors (Lipinski definition) is 4. The number of halogens is 1. The summed E-state index contributed by atoms with van der Waals surface area (Å²) in [5.41, 5.74) is 6.96. The Bertz CT molecular complexity index is 1730. The average Bonchev–Trinajstić information content (AvgIpc) is 3.68. The Morgan fingerprint density at radius 1 is 1.34 bits per heavy atom. The molecule has 2 aliphatic heterocycles. The molecule has 2 aliphatic rings. The number of aromatic nitrogens is 4. The lowest BCUT2D eigenvalue weighted by atomic mass is 10.0. The first-order valence-electron chi connectivity index (χ1n) is 12.6. The van der Waals surface area contributed by atoms with Crippen molar-refractivity contribution in [2.24, 2.45) is 5.16 Å². The van der Waals surface area contributed by atoms with Crippen molar-refractivity contribution in [2.45, 2.75) is 18.0 Å². The first-order chi connectivity index (χ1) is 21.2. The van der Waals surface area contributed by atoms with Crippen LogP contribution in [0.1, 0.15) is 16.3 Å². The minimum Gasteiger partial charge on any atom is -0.543 e. The van der Waals surface area contributed by atoms with E-state index in [1.54, 1.807) is 47.5 Å². The van der Waals surface area contributed by atoms with Crippen LogP contribution in [0, 0.1) is 11.5 Å². The van der Waals surface area contributed by atoms with Gasteiger partial charge in [-0.3, -0.25) is 24.6 Å². The number of nitrogen functional groups attached to an aromatic ring is 1. The highest BCUT2D eigenvalue weighted by Crippen LogP contribution is 2.40. The predicted octanol–water partition coefficient (Wildman–Crippen LogP) is -1.59. The number of alkyl halides is 1. The summed E-state index contributed by atoms with van der Waals surface area (Å²) in [7, 11) is 0. The van der Waals surface area contributed by atoms with E-state index in [-0.39, 0.29) is 34.6 Å². The number of hydrogen-bond acceptors (Lipinski definition) is 13. The lowest BCUT2D eigenvalue weighted by molar-refractivity contribution is -0.689. The summed E-state index contributed by atoms with van der Waals surface area (Å²) < 4.78 is 18.1. The molecule has 0 aromatic carbocycles. The van der Waals surface area contributed by atoms with Gasteiger partial charge in [-0.15, -0.1) is 11.8 Å². The number of nitrogens with zero attached hydrogens (tertiary/aromatic N) is 6. The molecule has 1 fully saturated rings. The zero-order valence-electron chi connectivity index (χ0n) is 22.4. The molecule has 0 spiro atoms. The van der Waals surface area contributed by atoms with Crippen molar-refractivity contribution >= 4 is 57.8 Å². The topological polar surface area (TPSA) is 235 Å². The Morgan fingerprint density at radius 2 is 2.11 bits per heavy atom. The number of pyridine rings is 1. The van der Waals surface area contributed by atoms with E-state index in [2.05, 4.69) is 24.8 Å². The fourth-order valence-electron chi connectivity index (χ4n) is 4.45. The number of β-lactam (4-membered cyclic amide) rings is 1. The molecular formula is C25H21FN10O6S2. The standard InChI is InChI=1S/C25H21FN10O6S2/c26-3-6-42-33-16(19-32-25(28)44-34-19)21(38)31-17-22(39)36-18(24(40)41)14(10-43-23(17)36)9-35-4-1-12(2-5-35)13-7-15(29-8-13)20(37)30-11-27/h1-2,4-5,7-8,17,23H,3,6,9-10H2,(H5,28,30,31,32,34,37,38,40,41)/b33-16+. The van der Waals surface area contributed by atoms with Crippen LogP contribution in [-0.2, 0) is 25.8 Å². The summed E-state index contributed by atoms with van der Waals surface area (Å²) in [6, 6.07) is 4.00. The molecule has 3 aromatic heterocycles. The van der Waals surface area contributed by atoms with Gasteiger partial charge in [0.25, 0.3) is 17.7 Å². The van der Waals surface area contributed by atoms with Gasteiger partial charge >= 0.3 is 0 Å². The molecular weight excluding hydrogens is 619 g/mol. The minimum atomic E-state index is -1.54. The summed E-state index contributed by atoms with van der Waals surface area (Å²) in [4.78, 5) is 62.6. The number of H-pyrrole nitrogens is 1. The number of thioether (sulfide) groups is 1. The summed E-state index contributed by atoms with van der Waals surface area (Å²) in [6.45, 7) is -1.16. The van der Waals surface area contributed by atoms with Gasteiger partial charge in [0.2, 0.25) is 11.5 Å². The molecule has 0 saturated carbocycles. The van der Waals surface area contributed by atoms with Gasteiger partial charge in [0.05, 0.1) is 11.7 Å². The molecule has 0 aliphatic carbocycles. The number of amides is 3. The van der Waals surface area contributed by atoms with Crippen LogP contribution in [0.15, 0.2) is 53.2 Å². The van der Waals surface area contributed by atoms with Crippen LogP contribution in [0.25, 0.3) is 11.1 Å². The molecule has 226 valence electrons. The number of rotatable bonds is 11. The van der Waals surface area contributed by atoms with Crippen LogP contribution in [-0.4, -0.2) is 79.1 Å². The van der Waals surface area contributed by atoms with E-state index in [9.17, 15) is 28.7 Å². The zero-order chi connectivity index (χ0) is 31.4. The number of aliphatic carboxylic acids is 1. The molecule has 16 nitrogen and oxygen atoms in total. The maximum absolute atomic E-state index is 13.1. The molecule has 0 radical (unpaired) electrons. The van der Waals surface area contributed by atoms with Gasteiger partial charge in [-0.1, -0.05) is 5.16 Å². The number of nitrogens with one attached hydrogen (secondary N) is 3. The highest BCUT2D eigenvalue weighted by Gasteiger charge is 2.53. The lowest BCUT2D eigenvalue weighted by Crippen LogP contribution is -2.71. The second-order valence-corrected chi connectivity index (χ2v) is 11.0. The molecule has 3 aromatic rings. The van der Waals surface area contributed by atoms with Gasteiger partial charge in [-0.05, 0) is 11.6 Å². The zero-order valence-corrected chi connectivity index (χ0v) is 24.0. The van der Waals surface area contributed by atoms with Crippen LogP contribution in [0.3, 0.4) is 0 Å². The highest BCUT2D eigenvalue weighted by molar-refractivity contribution is 8.00. The quantitative estimate of drug-likeness (QED) is 0.0354. The number of oxime groups is 1. The number of carbonyl (C=O) groups excluding carboxylic acids is 4. The molecule has 2 unspecified atom stereocenters. The largest absolute Gasteiger partial charge is 0.543 e. The minimum absolute atomic E-state index is 0.0446. The first-order valence-corrected chi connectivity index (χ1v) is 14.5. The number of anilines is 1. The fourth-order valence-corrected chi connectivity index (χ4v) is 6.22. The van der Waals surface area contributed by atoms with Crippen molar-refractivity contribution in [1.29, 1.82) is 5.26 Å². The van der Waals surface area contributed by atoms with Crippen LogP contribution in [0.2, 0.25) is 0 Å². The van der Waals surface area contributed by atoms with Crippen LogP contribution < -0.4 is 26.0 Å². The summed E-state index contributed by atoms with van der Waals surface area (Å²) in [5.74, 6) is -3.63.